The quantitative estimate of drug-likeness (QED) is 0.0778. The number of carbonyl (C=O) groups excluding carboxylic acids is 4. The molecule has 0 saturated carbocycles. The van der Waals surface area contributed by atoms with Crippen LogP contribution in [0.4, 0.5) is 47.7 Å². The Kier molecular flexibility index (Phi) is 15.0. The number of hydrogen-bond acceptors (Lipinski definition) is 16. The molecular weight excluding hydrogens is 1060 g/mol. The van der Waals surface area contributed by atoms with Crippen LogP contribution in [0.5, 0.6) is 5.75 Å². The molecule has 5 aromatic rings. The Morgan fingerprint density at radius 3 is 2.17 bits per heavy atom. The van der Waals surface area contributed by atoms with Crippen LogP contribution in [-0.2, 0) is 18.9 Å². The number of aromatic nitrogens is 4. The van der Waals surface area contributed by atoms with Crippen molar-refractivity contribution in [2.75, 3.05) is 80.1 Å². The molecule has 1 unspecified atom stereocenters. The summed E-state index contributed by atoms with van der Waals surface area (Å²) in [6, 6.07) is 12.9. The lowest BCUT2D eigenvalue weighted by Crippen LogP contribution is -2.54. The molecule has 3 aromatic carbocycles. The highest BCUT2D eigenvalue weighted by Crippen LogP contribution is 2.46. The number of nitrogens with one attached hydrogen (secondary N) is 3. The Balaban J connectivity index is 0.000000920. The number of methoxy groups -OCH3 is 1. The van der Waals surface area contributed by atoms with Gasteiger partial charge in [-0.15, -0.1) is 0 Å². The van der Waals surface area contributed by atoms with Crippen LogP contribution in [0.1, 0.15) is 77.6 Å². The molecule has 19 nitrogen and oxygen atoms in total. The molecule has 10 rings (SSSR count). The first-order valence-electron chi connectivity index (χ1n) is 24.6. The molecule has 5 aliphatic rings. The second kappa shape index (κ2) is 21.1. The Bertz CT molecular complexity index is 3130. The third-order valence-corrected chi connectivity index (χ3v) is 17.1. The Labute approximate surface area is 438 Å². The number of piperidine rings is 4. The lowest BCUT2D eigenvalue weighted by molar-refractivity contribution is -0.192. The van der Waals surface area contributed by atoms with E-state index in [1.165, 1.54) is 12.8 Å². The minimum absolute atomic E-state index is 0.0948. The number of fused-ring (bicyclic) bond motifs is 2. The van der Waals surface area contributed by atoms with Crippen LogP contribution in [0, 0.1) is 12.3 Å². The molecule has 7 heterocycles. The Morgan fingerprint density at radius 1 is 0.853 bits per heavy atom. The van der Waals surface area contributed by atoms with Crippen LogP contribution >= 0.6 is 23.1 Å². The first-order chi connectivity index (χ1) is 35.6. The summed E-state index contributed by atoms with van der Waals surface area (Å²) in [6.07, 6.45) is 6.76. The second-order valence-electron chi connectivity index (χ2n) is 19.9. The zero-order valence-corrected chi connectivity index (χ0v) is 44.1. The van der Waals surface area contributed by atoms with Gasteiger partial charge in [0.25, 0.3) is 11.8 Å². The number of nitrogens with zero attached hydrogens (tertiary/aromatic N) is 8. The number of amides is 4. The number of anilines is 6. The van der Waals surface area contributed by atoms with Crippen molar-refractivity contribution in [3.05, 3.63) is 82.2 Å². The number of aliphatic carboxylic acids is 1. The van der Waals surface area contributed by atoms with Gasteiger partial charge in [-0.25, -0.2) is 9.78 Å². The van der Waals surface area contributed by atoms with Crippen molar-refractivity contribution >= 4 is 104 Å². The van der Waals surface area contributed by atoms with Crippen LogP contribution in [0.2, 0.25) is 0 Å². The van der Waals surface area contributed by atoms with Gasteiger partial charge in [-0.1, -0.05) is 0 Å². The van der Waals surface area contributed by atoms with Crippen molar-refractivity contribution in [2.24, 2.45) is 5.41 Å². The molecule has 396 valence electrons. The monoisotopic (exact) mass is 1120 g/mol. The molecule has 4 amide bonds. The number of aryl methyl sites for hydroxylation is 1. The molecule has 0 radical (unpaired) electrons. The third kappa shape index (κ3) is 11.2. The van der Waals surface area contributed by atoms with Crippen molar-refractivity contribution in [1.82, 2.24) is 35.1 Å². The summed E-state index contributed by atoms with van der Waals surface area (Å²) >= 11 is 3.59. The van der Waals surface area contributed by atoms with Crippen LogP contribution in [-0.4, -0.2) is 142 Å². The van der Waals surface area contributed by atoms with E-state index >= 15 is 0 Å². The minimum Gasteiger partial charge on any atom is -0.494 e. The lowest BCUT2D eigenvalue weighted by Gasteiger charge is -2.50. The SMILES string of the molecule is COc1cc(N2CCC3(CC2)CCN(C2CCN(c4ccc5c(c4)C(=O)N(C4CCC(=O)NC4=O)C5=O)CC2)CC3)c(C)cc1Nc1ncc(Br)c(Nc2ccc3nccnc3c2P(C)(C)=O)n1.O=C(O)C(F)(F)F. The van der Waals surface area contributed by atoms with Crippen molar-refractivity contribution < 1.29 is 51.6 Å². The molecular formula is C51H56BrF3N11O8P. The van der Waals surface area contributed by atoms with Crippen molar-refractivity contribution in [3.8, 4) is 5.75 Å². The molecule has 75 heavy (non-hydrogen) atoms. The number of rotatable bonds is 10. The Morgan fingerprint density at radius 2 is 1.52 bits per heavy atom. The van der Waals surface area contributed by atoms with Gasteiger partial charge in [0.2, 0.25) is 17.8 Å². The van der Waals surface area contributed by atoms with E-state index in [1.54, 1.807) is 51.2 Å². The molecule has 0 bridgehead atoms. The Hall–Kier alpha value is -6.71. The van der Waals surface area contributed by atoms with Crippen molar-refractivity contribution in [2.45, 2.75) is 76.6 Å². The highest BCUT2D eigenvalue weighted by molar-refractivity contribution is 9.10. The predicted molar refractivity (Wildman–Crippen MR) is 279 cm³/mol. The first-order valence-corrected chi connectivity index (χ1v) is 28.0. The van der Waals surface area contributed by atoms with Gasteiger partial charge in [0.15, 0.2) is 0 Å². The van der Waals surface area contributed by atoms with Gasteiger partial charge in [-0.3, -0.25) is 39.4 Å². The van der Waals surface area contributed by atoms with Crippen LogP contribution < -0.4 is 35.8 Å². The van der Waals surface area contributed by atoms with Gasteiger partial charge >= 0.3 is 12.1 Å². The largest absolute Gasteiger partial charge is 0.494 e. The van der Waals surface area contributed by atoms with E-state index in [0.717, 1.165) is 92.5 Å². The fourth-order valence-electron chi connectivity index (χ4n) is 10.9. The van der Waals surface area contributed by atoms with Gasteiger partial charge in [0, 0.05) is 74.7 Å². The predicted octanol–water partition coefficient (Wildman–Crippen LogP) is 7.62. The minimum atomic E-state index is -5.08. The number of likely N-dealkylation sites (tertiary alicyclic amines) is 1. The zero-order valence-electron chi connectivity index (χ0n) is 41.7. The molecule has 4 saturated heterocycles. The smallest absolute Gasteiger partial charge is 0.490 e. The summed E-state index contributed by atoms with van der Waals surface area (Å²) in [5.41, 5.74) is 6.81. The van der Waals surface area contributed by atoms with Gasteiger partial charge < -0.3 is 39.7 Å². The maximum Gasteiger partial charge on any atom is 0.490 e. The average molecular weight is 1120 g/mol. The summed E-state index contributed by atoms with van der Waals surface area (Å²) in [4.78, 5) is 86.6. The van der Waals surface area contributed by atoms with E-state index in [9.17, 15) is 36.9 Å². The average Bonchev–Trinajstić information content (AvgIpc) is 3.62. The molecule has 1 spiro atoms. The van der Waals surface area contributed by atoms with Gasteiger partial charge in [0.1, 0.15) is 30.3 Å². The maximum absolute atomic E-state index is 13.5. The molecule has 24 heteroatoms. The van der Waals surface area contributed by atoms with Gasteiger partial charge in [-0.2, -0.15) is 18.2 Å². The summed E-state index contributed by atoms with van der Waals surface area (Å²) < 4.78 is 51.9. The second-order valence-corrected chi connectivity index (χ2v) is 23.9. The summed E-state index contributed by atoms with van der Waals surface area (Å²) in [5.74, 6) is -3.14. The number of carboxylic acids is 1. The maximum atomic E-state index is 13.5. The number of hydrogen-bond donors (Lipinski definition) is 4. The summed E-state index contributed by atoms with van der Waals surface area (Å²) in [7, 11) is -1.11. The molecule has 1 atom stereocenters. The molecule has 4 fully saturated rings. The summed E-state index contributed by atoms with van der Waals surface area (Å²) in [6.45, 7) is 11.4. The highest BCUT2D eigenvalue weighted by atomic mass is 79.9. The normalized spacial score (nSPS) is 19.4. The van der Waals surface area contributed by atoms with E-state index in [1.807, 2.05) is 18.2 Å². The van der Waals surface area contributed by atoms with Crippen LogP contribution in [0.25, 0.3) is 11.0 Å². The van der Waals surface area contributed by atoms with Crippen LogP contribution in [0.15, 0.2) is 65.5 Å². The molecule has 4 N–H and O–H groups in total. The number of carboxylic acid groups (broad SMARTS) is 1. The number of halogens is 4. The number of benzene rings is 3. The van der Waals surface area contributed by atoms with E-state index in [2.05, 4.69) is 80.6 Å². The summed E-state index contributed by atoms with van der Waals surface area (Å²) in [5, 5.41) is 16.8. The fraction of sp³-hybridized carbons (Fsp3) is 0.431. The standard InChI is InChI=1S/C49H55BrN11O6P.C2HF3O2/c1-29-25-37(55-48-53-28-34(50)44(57-48)54-36-8-7-35-42(52-18-17-51-35)43(36)68(3,4)66)40(67-2)27-39(29)60-23-15-49(16-24-60)13-21-59(22-14-49)30-11-19-58(20-12-30)31-5-6-32-33(26-31)47(65)61(46(32)64)38-9-10-41(62)56-45(38)63;3-2(4,5)1(6)7/h5-8,17-18,25-28,30,38H,9-16,19-24H2,1-4H3,(H,56,62,63)(H2,53,54,55,57);(H,6,7). The molecule has 0 aliphatic carbocycles. The van der Waals surface area contributed by atoms with E-state index in [4.69, 9.17) is 19.6 Å². The highest BCUT2D eigenvalue weighted by Gasteiger charge is 2.45. The first kappa shape index (κ1) is 53.1. The van der Waals surface area contributed by atoms with Crippen LogP contribution in [0.3, 0.4) is 0 Å². The van der Waals surface area contributed by atoms with E-state index in [0.29, 0.717) is 66.6 Å². The number of carbonyl (C=O) groups is 5. The molecule has 5 aliphatic heterocycles. The van der Waals surface area contributed by atoms with Gasteiger partial charge in [-0.05, 0) is 142 Å². The lowest BCUT2D eigenvalue weighted by atomic mass is 9.70. The number of alkyl halides is 3. The number of imide groups is 2. The van der Waals surface area contributed by atoms with E-state index in [-0.39, 0.29) is 18.7 Å². The third-order valence-electron chi connectivity index (χ3n) is 14.9. The van der Waals surface area contributed by atoms with Crippen molar-refractivity contribution in [3.63, 3.8) is 0 Å². The zero-order chi connectivity index (χ0) is 53.6. The topological polar surface area (TPSA) is 232 Å². The van der Waals surface area contributed by atoms with Gasteiger partial charge in [0.05, 0.1) is 44.9 Å². The van der Waals surface area contributed by atoms with Crippen molar-refractivity contribution in [1.29, 1.82) is 0 Å². The van der Waals surface area contributed by atoms with E-state index < -0.39 is 43.1 Å². The fourth-order valence-corrected chi connectivity index (χ4v) is 12.6. The number of ether oxygens (including phenoxy) is 1. The molecule has 2 aromatic heterocycles.